The number of amides is 2. The lowest BCUT2D eigenvalue weighted by Crippen LogP contribution is -2.56. The maximum absolute atomic E-state index is 14.9. The quantitative estimate of drug-likeness (QED) is 0.371. The molecule has 2 unspecified atom stereocenters. The summed E-state index contributed by atoms with van der Waals surface area (Å²) < 4.78 is 150. The number of likely N-dealkylation sites (tertiary alicyclic amines) is 2. The summed E-state index contributed by atoms with van der Waals surface area (Å²) >= 11 is 0. The highest BCUT2D eigenvalue weighted by Crippen LogP contribution is 2.56. The van der Waals surface area contributed by atoms with Gasteiger partial charge in [-0.25, -0.2) is 21.6 Å². The maximum Gasteiger partial charge on any atom is 0.436 e. The van der Waals surface area contributed by atoms with Gasteiger partial charge in [0, 0.05) is 31.3 Å². The van der Waals surface area contributed by atoms with Crippen molar-refractivity contribution < 1.29 is 62.6 Å². The van der Waals surface area contributed by atoms with Crippen LogP contribution in [-0.4, -0.2) is 90.4 Å². The van der Waals surface area contributed by atoms with Crippen molar-refractivity contribution in [1.29, 1.82) is 0 Å². The molecular weight excluding hydrogens is 649 g/mol. The summed E-state index contributed by atoms with van der Waals surface area (Å²) in [5.74, 6) is -2.79. The standard InChI is InChI=1S/C27H24F9N3O5S/c28-16-2-4-17(5-3-16)45(43,44)24-7-8-39(23(42)19-12-18(29)22(41)38(19)9-10-40)20(24)6-1-14-11-15(13-37-21(14)24)25(30,26(31,32)33)27(34,35)36/h2-5,11,13,18-20,40H,1,6-10,12H2/t18-,19+,20?,24?/m1/s1. The second kappa shape index (κ2) is 10.8. The molecule has 1 aromatic heterocycles. The minimum absolute atomic E-state index is 0.0408. The van der Waals surface area contributed by atoms with Gasteiger partial charge in [0.05, 0.1) is 23.2 Å². The van der Waals surface area contributed by atoms with E-state index in [-0.39, 0.29) is 25.2 Å². The van der Waals surface area contributed by atoms with E-state index >= 15 is 0 Å². The van der Waals surface area contributed by atoms with Gasteiger partial charge in [0.1, 0.15) is 16.6 Å². The minimum Gasteiger partial charge on any atom is -0.395 e. The Hall–Kier alpha value is -3.41. The Kier molecular flexibility index (Phi) is 7.95. The second-order valence-electron chi connectivity index (χ2n) is 11.0. The molecule has 0 spiro atoms. The van der Waals surface area contributed by atoms with Gasteiger partial charge in [-0.3, -0.25) is 14.6 Å². The van der Waals surface area contributed by atoms with Crippen molar-refractivity contribution in [1.82, 2.24) is 14.8 Å². The van der Waals surface area contributed by atoms with E-state index in [2.05, 4.69) is 4.98 Å². The summed E-state index contributed by atoms with van der Waals surface area (Å²) in [6.45, 7) is -1.41. The lowest BCUT2D eigenvalue weighted by molar-refractivity contribution is -0.348. The number of sulfone groups is 1. The third-order valence-corrected chi connectivity index (χ3v) is 11.3. The Morgan fingerprint density at radius 3 is 2.27 bits per heavy atom. The summed E-state index contributed by atoms with van der Waals surface area (Å²) in [4.78, 5) is 31.1. The molecule has 45 heavy (non-hydrogen) atoms. The molecule has 5 rings (SSSR count). The fourth-order valence-electron chi connectivity index (χ4n) is 6.66. The van der Waals surface area contributed by atoms with E-state index in [1.54, 1.807) is 0 Å². The molecule has 246 valence electrons. The number of fused-ring (bicyclic) bond motifs is 3. The molecule has 0 saturated carbocycles. The van der Waals surface area contributed by atoms with E-state index in [0.717, 1.165) is 34.1 Å². The van der Waals surface area contributed by atoms with Crippen molar-refractivity contribution in [3.8, 4) is 0 Å². The highest BCUT2D eigenvalue weighted by molar-refractivity contribution is 7.92. The van der Waals surface area contributed by atoms with E-state index in [9.17, 15) is 62.6 Å². The topological polar surface area (TPSA) is 108 Å². The van der Waals surface area contributed by atoms with Gasteiger partial charge in [-0.15, -0.1) is 0 Å². The van der Waals surface area contributed by atoms with Crippen LogP contribution in [0.25, 0.3) is 0 Å². The van der Waals surface area contributed by atoms with Crippen LogP contribution >= 0.6 is 0 Å². The Bertz CT molecular complexity index is 1600. The predicted molar refractivity (Wildman–Crippen MR) is 135 cm³/mol. The van der Waals surface area contributed by atoms with E-state index in [1.807, 2.05) is 0 Å². The largest absolute Gasteiger partial charge is 0.436 e. The van der Waals surface area contributed by atoms with Crippen molar-refractivity contribution in [3.05, 3.63) is 59.2 Å². The molecule has 2 fully saturated rings. The number of aromatic nitrogens is 1. The van der Waals surface area contributed by atoms with Crippen molar-refractivity contribution in [3.63, 3.8) is 0 Å². The molecule has 4 atom stereocenters. The van der Waals surface area contributed by atoms with Gasteiger partial charge >= 0.3 is 18.0 Å². The average molecular weight is 674 g/mol. The number of halogens is 9. The van der Waals surface area contributed by atoms with Gasteiger partial charge in [-0.2, -0.15) is 26.3 Å². The number of carbonyl (C=O) groups is 2. The molecular formula is C27H24F9N3O5S. The molecule has 0 radical (unpaired) electrons. The molecule has 2 aromatic rings. The predicted octanol–water partition coefficient (Wildman–Crippen LogP) is 3.66. The number of hydrogen-bond donors (Lipinski definition) is 1. The third kappa shape index (κ3) is 4.77. The fourth-order valence-corrected chi connectivity index (χ4v) is 8.98. The lowest BCUT2D eigenvalue weighted by Gasteiger charge is -2.42. The van der Waals surface area contributed by atoms with Gasteiger partial charge in [0.2, 0.25) is 5.91 Å². The molecule has 1 N–H and O–H groups in total. The number of carbonyl (C=O) groups excluding carboxylic acids is 2. The van der Waals surface area contributed by atoms with Gasteiger partial charge in [-0.05, 0) is 55.2 Å². The Balaban J connectivity index is 1.67. The zero-order valence-electron chi connectivity index (χ0n) is 22.9. The normalized spacial score (nSPS) is 25.8. The first kappa shape index (κ1) is 33.0. The first-order valence-electron chi connectivity index (χ1n) is 13.5. The third-order valence-electron chi connectivity index (χ3n) is 8.74. The summed E-state index contributed by atoms with van der Waals surface area (Å²) in [6.07, 6.45) is -17.0. The highest BCUT2D eigenvalue weighted by atomic mass is 32.2. The van der Waals surface area contributed by atoms with Crippen LogP contribution in [-0.2, 0) is 36.3 Å². The van der Waals surface area contributed by atoms with E-state index in [1.165, 1.54) is 0 Å². The lowest BCUT2D eigenvalue weighted by atomic mass is 9.80. The summed E-state index contributed by atoms with van der Waals surface area (Å²) in [6, 6.07) is 0.824. The number of alkyl halides is 8. The van der Waals surface area contributed by atoms with Crippen LogP contribution in [0.3, 0.4) is 0 Å². The van der Waals surface area contributed by atoms with Gasteiger partial charge in [-0.1, -0.05) is 0 Å². The van der Waals surface area contributed by atoms with Gasteiger partial charge < -0.3 is 14.9 Å². The molecule has 1 aromatic carbocycles. The van der Waals surface area contributed by atoms with Crippen LogP contribution in [0.15, 0.2) is 41.4 Å². The van der Waals surface area contributed by atoms with Gasteiger partial charge in [0.25, 0.3) is 5.91 Å². The van der Waals surface area contributed by atoms with Crippen LogP contribution in [0.4, 0.5) is 39.5 Å². The smallest absolute Gasteiger partial charge is 0.395 e. The van der Waals surface area contributed by atoms with Crippen LogP contribution in [0.1, 0.15) is 36.1 Å². The minimum atomic E-state index is -6.46. The molecule has 2 aliphatic heterocycles. The number of hydrogen-bond acceptors (Lipinski definition) is 6. The Morgan fingerprint density at radius 1 is 1.07 bits per heavy atom. The molecule has 2 amide bonds. The van der Waals surface area contributed by atoms with E-state index in [0.29, 0.717) is 0 Å². The van der Waals surface area contributed by atoms with Crippen molar-refractivity contribution in [2.45, 2.75) is 71.6 Å². The summed E-state index contributed by atoms with van der Waals surface area (Å²) in [5.41, 5.74) is -8.72. The highest BCUT2D eigenvalue weighted by Gasteiger charge is 2.74. The molecule has 18 heteroatoms. The number of nitrogens with zero attached hydrogens (tertiary/aromatic N) is 3. The molecule has 8 nitrogen and oxygen atoms in total. The maximum atomic E-state index is 14.9. The zero-order chi connectivity index (χ0) is 33.3. The van der Waals surface area contributed by atoms with Crippen LogP contribution in [0, 0.1) is 5.82 Å². The Labute approximate surface area is 249 Å². The van der Waals surface area contributed by atoms with Crippen molar-refractivity contribution >= 4 is 21.7 Å². The van der Waals surface area contributed by atoms with Crippen molar-refractivity contribution in [2.24, 2.45) is 0 Å². The van der Waals surface area contributed by atoms with Crippen LogP contribution in [0.2, 0.25) is 0 Å². The molecule has 3 aliphatic rings. The number of pyridine rings is 1. The molecule has 2 saturated heterocycles. The number of β-amino-alcohol motifs (C(OH)–C–C–N with tert-alkyl or cyclic N) is 1. The summed E-state index contributed by atoms with van der Waals surface area (Å²) in [5, 5.41) is 9.34. The zero-order valence-corrected chi connectivity index (χ0v) is 23.7. The van der Waals surface area contributed by atoms with Crippen molar-refractivity contribution in [2.75, 3.05) is 19.7 Å². The second-order valence-corrected chi connectivity index (χ2v) is 13.2. The monoisotopic (exact) mass is 673 g/mol. The first-order valence-corrected chi connectivity index (χ1v) is 15.0. The van der Waals surface area contributed by atoms with E-state index < -0.39 is 123 Å². The molecule has 3 heterocycles. The van der Waals surface area contributed by atoms with Gasteiger partial charge in [0.15, 0.2) is 16.0 Å². The fraction of sp³-hybridized carbons (Fsp3) is 0.519. The SMILES string of the molecule is O=C([C@@H]1C[C@@H](F)C(=O)N1CCO)N1CCC2(S(=O)(=O)c3ccc(F)cc3)c3ncc(C(F)(C(F)(F)F)C(F)(F)F)cc3CCC12. The number of aliphatic hydroxyl groups is 1. The number of aryl methyl sites for hydroxylation is 1. The van der Waals surface area contributed by atoms with Crippen LogP contribution < -0.4 is 0 Å². The number of benzene rings is 1. The van der Waals surface area contributed by atoms with E-state index in [4.69, 9.17) is 0 Å². The Morgan fingerprint density at radius 2 is 1.69 bits per heavy atom. The first-order chi connectivity index (χ1) is 20.8. The average Bonchev–Trinajstić information content (AvgIpc) is 3.50. The number of rotatable bonds is 6. The summed E-state index contributed by atoms with van der Waals surface area (Å²) in [7, 11) is -4.79. The van der Waals surface area contributed by atoms with Crippen LogP contribution in [0.5, 0.6) is 0 Å². The molecule has 1 aliphatic carbocycles. The number of aliphatic hydroxyl groups excluding tert-OH is 1. The molecule has 0 bridgehead atoms.